The molecule has 0 saturated carbocycles. The highest BCUT2D eigenvalue weighted by molar-refractivity contribution is 5.77. The summed E-state index contributed by atoms with van der Waals surface area (Å²) in [6.45, 7) is 7.47. The number of hydrogen-bond acceptors (Lipinski definition) is 2. The van der Waals surface area contributed by atoms with Crippen LogP contribution in [0.1, 0.15) is 39.5 Å². The standard InChI is InChI=1S/C13H25N3O2/c1-3-5-6-12(17)15-8-10-16(11-9-15)13(18)14-7-4-2/h3-11H2,1-2H3,(H,14,18). The zero-order valence-electron chi connectivity index (χ0n) is 11.6. The lowest BCUT2D eigenvalue weighted by Crippen LogP contribution is -2.53. The number of unbranched alkanes of at least 4 members (excludes halogenated alkanes) is 1. The van der Waals surface area contributed by atoms with Gasteiger partial charge in [-0.15, -0.1) is 0 Å². The molecular formula is C13H25N3O2. The van der Waals surface area contributed by atoms with Gasteiger partial charge < -0.3 is 15.1 Å². The summed E-state index contributed by atoms with van der Waals surface area (Å²) < 4.78 is 0. The van der Waals surface area contributed by atoms with Gasteiger partial charge in [0.1, 0.15) is 0 Å². The quantitative estimate of drug-likeness (QED) is 0.808. The molecule has 1 heterocycles. The van der Waals surface area contributed by atoms with Crippen molar-refractivity contribution in [2.24, 2.45) is 0 Å². The van der Waals surface area contributed by atoms with E-state index in [0.717, 1.165) is 19.3 Å². The van der Waals surface area contributed by atoms with E-state index in [0.29, 0.717) is 39.1 Å². The van der Waals surface area contributed by atoms with Crippen LogP contribution in [0.15, 0.2) is 0 Å². The molecule has 1 fully saturated rings. The molecule has 0 aliphatic carbocycles. The molecule has 1 N–H and O–H groups in total. The van der Waals surface area contributed by atoms with Gasteiger partial charge in [0.2, 0.25) is 5.91 Å². The Morgan fingerprint density at radius 2 is 1.61 bits per heavy atom. The topological polar surface area (TPSA) is 52.7 Å². The molecule has 1 aliphatic heterocycles. The maximum atomic E-state index is 11.8. The molecule has 18 heavy (non-hydrogen) atoms. The van der Waals surface area contributed by atoms with Gasteiger partial charge in [0.15, 0.2) is 0 Å². The lowest BCUT2D eigenvalue weighted by atomic mass is 10.2. The van der Waals surface area contributed by atoms with Crippen LogP contribution in [-0.2, 0) is 4.79 Å². The highest BCUT2D eigenvalue weighted by Gasteiger charge is 2.23. The SMILES string of the molecule is CCCCC(=O)N1CCN(C(=O)NCCC)CC1. The first-order valence-corrected chi connectivity index (χ1v) is 6.99. The lowest BCUT2D eigenvalue weighted by molar-refractivity contribution is -0.132. The summed E-state index contributed by atoms with van der Waals surface area (Å²) in [5.74, 6) is 0.227. The maximum Gasteiger partial charge on any atom is 0.317 e. The highest BCUT2D eigenvalue weighted by atomic mass is 16.2. The largest absolute Gasteiger partial charge is 0.339 e. The molecule has 0 aromatic carbocycles. The second-order valence-corrected chi connectivity index (χ2v) is 4.70. The number of urea groups is 1. The predicted octanol–water partition coefficient (Wildman–Crippen LogP) is 1.44. The van der Waals surface area contributed by atoms with Crippen molar-refractivity contribution in [3.63, 3.8) is 0 Å². The molecule has 5 heteroatoms. The molecule has 1 aliphatic rings. The number of nitrogens with one attached hydrogen (secondary N) is 1. The predicted molar refractivity (Wildman–Crippen MR) is 71.4 cm³/mol. The summed E-state index contributed by atoms with van der Waals surface area (Å²) in [7, 11) is 0. The van der Waals surface area contributed by atoms with Crippen LogP contribution in [0, 0.1) is 0 Å². The molecule has 1 rings (SSSR count). The minimum Gasteiger partial charge on any atom is -0.339 e. The van der Waals surface area contributed by atoms with Gasteiger partial charge in [-0.2, -0.15) is 0 Å². The molecule has 0 bridgehead atoms. The Hall–Kier alpha value is -1.26. The Bertz CT molecular complexity index is 245. The minimum atomic E-state index is -0.00231. The van der Waals surface area contributed by atoms with Crippen molar-refractivity contribution in [2.75, 3.05) is 32.7 Å². The van der Waals surface area contributed by atoms with Crippen LogP contribution < -0.4 is 5.32 Å². The van der Waals surface area contributed by atoms with Gasteiger partial charge in [0.05, 0.1) is 0 Å². The van der Waals surface area contributed by atoms with E-state index in [9.17, 15) is 9.59 Å². The molecule has 1 saturated heterocycles. The number of rotatable bonds is 5. The van der Waals surface area contributed by atoms with E-state index in [1.54, 1.807) is 4.90 Å². The number of piperazine rings is 1. The van der Waals surface area contributed by atoms with Crippen LogP contribution in [0.3, 0.4) is 0 Å². The highest BCUT2D eigenvalue weighted by Crippen LogP contribution is 2.06. The van der Waals surface area contributed by atoms with Gasteiger partial charge in [-0.1, -0.05) is 20.3 Å². The summed E-state index contributed by atoms with van der Waals surface area (Å²) in [6, 6.07) is -0.00231. The third kappa shape index (κ3) is 4.55. The summed E-state index contributed by atoms with van der Waals surface area (Å²) in [4.78, 5) is 27.2. The zero-order chi connectivity index (χ0) is 13.4. The Morgan fingerprint density at radius 1 is 1.00 bits per heavy atom. The van der Waals surface area contributed by atoms with Crippen LogP contribution in [0.5, 0.6) is 0 Å². The Kier molecular flexibility index (Phi) is 6.54. The van der Waals surface area contributed by atoms with Crippen LogP contribution in [-0.4, -0.2) is 54.5 Å². The molecule has 104 valence electrons. The molecule has 0 aromatic rings. The van der Waals surface area contributed by atoms with Gasteiger partial charge in [-0.25, -0.2) is 4.79 Å². The molecule has 0 aromatic heterocycles. The minimum absolute atomic E-state index is 0.00231. The van der Waals surface area contributed by atoms with E-state index in [2.05, 4.69) is 12.2 Å². The summed E-state index contributed by atoms with van der Waals surface area (Å²) in [5, 5.41) is 2.86. The summed E-state index contributed by atoms with van der Waals surface area (Å²) in [6.07, 6.45) is 3.58. The second kappa shape index (κ2) is 7.95. The summed E-state index contributed by atoms with van der Waals surface area (Å²) >= 11 is 0. The van der Waals surface area contributed by atoms with E-state index in [-0.39, 0.29) is 11.9 Å². The van der Waals surface area contributed by atoms with Crippen molar-refractivity contribution in [3.8, 4) is 0 Å². The van der Waals surface area contributed by atoms with Crippen molar-refractivity contribution in [1.82, 2.24) is 15.1 Å². The third-order valence-electron chi connectivity index (χ3n) is 3.19. The smallest absolute Gasteiger partial charge is 0.317 e. The first-order valence-electron chi connectivity index (χ1n) is 6.99. The van der Waals surface area contributed by atoms with Gasteiger partial charge in [-0.05, 0) is 12.8 Å². The fourth-order valence-corrected chi connectivity index (χ4v) is 1.99. The molecule has 0 radical (unpaired) electrons. The maximum absolute atomic E-state index is 11.8. The molecule has 3 amide bonds. The Balaban J connectivity index is 2.27. The van der Waals surface area contributed by atoms with Crippen molar-refractivity contribution in [2.45, 2.75) is 39.5 Å². The molecule has 0 atom stereocenters. The van der Waals surface area contributed by atoms with E-state index >= 15 is 0 Å². The van der Waals surface area contributed by atoms with Gasteiger partial charge in [0, 0.05) is 39.1 Å². The lowest BCUT2D eigenvalue weighted by Gasteiger charge is -2.34. The van der Waals surface area contributed by atoms with Crippen LogP contribution in [0.4, 0.5) is 4.79 Å². The normalized spacial score (nSPS) is 15.7. The van der Waals surface area contributed by atoms with Crippen LogP contribution in [0.2, 0.25) is 0 Å². The number of hydrogen-bond donors (Lipinski definition) is 1. The van der Waals surface area contributed by atoms with Crippen molar-refractivity contribution in [3.05, 3.63) is 0 Å². The molecular weight excluding hydrogens is 230 g/mol. The molecule has 0 unspecified atom stereocenters. The first-order chi connectivity index (χ1) is 8.69. The molecule has 0 spiro atoms. The summed E-state index contributed by atoms with van der Waals surface area (Å²) in [5.41, 5.74) is 0. The first kappa shape index (κ1) is 14.8. The Labute approximate surface area is 110 Å². The van der Waals surface area contributed by atoms with Crippen molar-refractivity contribution < 1.29 is 9.59 Å². The van der Waals surface area contributed by atoms with Crippen LogP contribution in [0.25, 0.3) is 0 Å². The number of carbonyl (C=O) groups is 2. The van der Waals surface area contributed by atoms with Crippen molar-refractivity contribution in [1.29, 1.82) is 0 Å². The number of carbonyl (C=O) groups excluding carboxylic acids is 2. The Morgan fingerprint density at radius 3 is 2.17 bits per heavy atom. The van der Waals surface area contributed by atoms with E-state index < -0.39 is 0 Å². The van der Waals surface area contributed by atoms with Crippen LogP contribution >= 0.6 is 0 Å². The number of amides is 3. The average Bonchev–Trinajstić information content (AvgIpc) is 2.42. The van der Waals surface area contributed by atoms with Crippen molar-refractivity contribution >= 4 is 11.9 Å². The monoisotopic (exact) mass is 255 g/mol. The fourth-order valence-electron chi connectivity index (χ4n) is 1.99. The molecule has 5 nitrogen and oxygen atoms in total. The van der Waals surface area contributed by atoms with E-state index in [1.807, 2.05) is 11.8 Å². The fraction of sp³-hybridized carbons (Fsp3) is 0.846. The third-order valence-corrected chi connectivity index (χ3v) is 3.19. The average molecular weight is 255 g/mol. The van der Waals surface area contributed by atoms with Gasteiger partial charge in [-0.3, -0.25) is 4.79 Å². The van der Waals surface area contributed by atoms with Gasteiger partial charge in [0.25, 0.3) is 0 Å². The van der Waals surface area contributed by atoms with E-state index in [1.165, 1.54) is 0 Å². The number of nitrogens with zero attached hydrogens (tertiary/aromatic N) is 2. The van der Waals surface area contributed by atoms with E-state index in [4.69, 9.17) is 0 Å². The second-order valence-electron chi connectivity index (χ2n) is 4.70. The zero-order valence-corrected chi connectivity index (χ0v) is 11.6. The van der Waals surface area contributed by atoms with Gasteiger partial charge >= 0.3 is 6.03 Å².